The fourth-order valence-corrected chi connectivity index (χ4v) is 2.31. The monoisotopic (exact) mass is 334 g/mol. The molecule has 4 nitrogen and oxygen atoms in total. The summed E-state index contributed by atoms with van der Waals surface area (Å²) in [7, 11) is 1.64. The highest BCUT2D eigenvalue weighted by Gasteiger charge is 2.11. The van der Waals surface area contributed by atoms with E-state index >= 15 is 0 Å². The van der Waals surface area contributed by atoms with Gasteiger partial charge in [0.05, 0.1) is 12.8 Å². The molecule has 0 radical (unpaired) electrons. The number of ether oxygens (including phenoxy) is 1. The Morgan fingerprint density at radius 1 is 1.24 bits per heavy atom. The Labute approximate surface area is 148 Å². The number of hydrogen-bond donors (Lipinski definition) is 1. The van der Waals surface area contributed by atoms with Crippen LogP contribution in [0.25, 0.3) is 6.08 Å². The molecular formula is C21H22N2O2. The maximum atomic E-state index is 12.4. The largest absolute Gasteiger partial charge is 0.497 e. The van der Waals surface area contributed by atoms with Crippen LogP contribution in [0.1, 0.15) is 35.0 Å². The minimum absolute atomic E-state index is 0.0830. The summed E-state index contributed by atoms with van der Waals surface area (Å²) >= 11 is 0. The van der Waals surface area contributed by atoms with Crippen LogP contribution in [0.5, 0.6) is 5.75 Å². The Balaban J connectivity index is 1.97. The van der Waals surface area contributed by atoms with E-state index in [2.05, 4.69) is 11.6 Å². The van der Waals surface area contributed by atoms with Crippen molar-refractivity contribution in [3.8, 4) is 5.75 Å². The van der Waals surface area contributed by atoms with Gasteiger partial charge in [-0.05, 0) is 66.8 Å². The maximum Gasteiger partial charge on any atom is 0.189 e. The third-order valence-electron chi connectivity index (χ3n) is 3.85. The summed E-state index contributed by atoms with van der Waals surface area (Å²) in [5.41, 5.74) is 3.76. The number of hydrogen-bond acceptors (Lipinski definition) is 4. The van der Waals surface area contributed by atoms with E-state index in [1.807, 2.05) is 31.2 Å². The van der Waals surface area contributed by atoms with Crippen molar-refractivity contribution in [3.63, 3.8) is 0 Å². The summed E-state index contributed by atoms with van der Waals surface area (Å²) in [6.07, 6.45) is 5.96. The minimum atomic E-state index is -0.0830. The third kappa shape index (κ3) is 5.24. The fourth-order valence-electron chi connectivity index (χ4n) is 2.31. The van der Waals surface area contributed by atoms with Crippen LogP contribution in [0.3, 0.4) is 0 Å². The average molecular weight is 334 g/mol. The molecule has 0 aliphatic rings. The van der Waals surface area contributed by atoms with Crippen molar-refractivity contribution in [1.29, 1.82) is 5.41 Å². The van der Waals surface area contributed by atoms with E-state index < -0.39 is 0 Å². The van der Waals surface area contributed by atoms with Crippen molar-refractivity contribution in [2.75, 3.05) is 7.11 Å². The quantitative estimate of drug-likeness (QED) is 0.439. The van der Waals surface area contributed by atoms with Gasteiger partial charge in [0.15, 0.2) is 5.78 Å². The number of rotatable bonds is 8. The van der Waals surface area contributed by atoms with Crippen LogP contribution in [-0.4, -0.2) is 24.1 Å². The van der Waals surface area contributed by atoms with Gasteiger partial charge in [-0.1, -0.05) is 18.7 Å². The lowest BCUT2D eigenvalue weighted by atomic mass is 9.99. The second-order valence-electron chi connectivity index (χ2n) is 5.79. The molecule has 25 heavy (non-hydrogen) atoms. The number of pyridine rings is 1. The molecule has 1 aromatic heterocycles. The van der Waals surface area contributed by atoms with E-state index in [0.717, 1.165) is 29.0 Å². The highest BCUT2D eigenvalue weighted by atomic mass is 16.5. The molecular weight excluding hydrogens is 312 g/mol. The summed E-state index contributed by atoms with van der Waals surface area (Å²) in [6, 6.07) is 11.3. The number of carbonyl (C=O) groups is 1. The molecule has 0 fully saturated rings. The van der Waals surface area contributed by atoms with Gasteiger partial charge in [0.1, 0.15) is 5.75 Å². The SMILES string of the molecule is C=C(CCc1ccc(OC)cc1)C(=O)c1ccc(/C=C(\C)C=N)nc1. The van der Waals surface area contributed by atoms with Crippen molar-refractivity contribution < 1.29 is 9.53 Å². The highest BCUT2D eigenvalue weighted by Crippen LogP contribution is 2.16. The standard InChI is InChI=1S/C21H22N2O2/c1-15(13-22)12-19-9-8-18(14-23-19)21(24)16(2)4-5-17-6-10-20(25-3)11-7-17/h6-14,22H,2,4-5H2,1,3H3/b15-12+,22-13?. The van der Waals surface area contributed by atoms with Crippen LogP contribution in [0, 0.1) is 5.41 Å². The van der Waals surface area contributed by atoms with Gasteiger partial charge >= 0.3 is 0 Å². The molecule has 0 aliphatic heterocycles. The van der Waals surface area contributed by atoms with Crippen LogP contribution in [0.2, 0.25) is 0 Å². The zero-order valence-electron chi connectivity index (χ0n) is 14.6. The van der Waals surface area contributed by atoms with Gasteiger partial charge in [-0.3, -0.25) is 9.78 Å². The molecule has 1 N–H and O–H groups in total. The lowest BCUT2D eigenvalue weighted by Gasteiger charge is -2.06. The molecule has 0 saturated carbocycles. The van der Waals surface area contributed by atoms with E-state index in [1.165, 1.54) is 6.21 Å². The van der Waals surface area contributed by atoms with Crippen LogP contribution in [0.4, 0.5) is 0 Å². The van der Waals surface area contributed by atoms with Crippen LogP contribution in [0.15, 0.2) is 60.3 Å². The number of allylic oxidation sites excluding steroid dienone is 2. The number of aryl methyl sites for hydroxylation is 1. The van der Waals surface area contributed by atoms with E-state index in [0.29, 0.717) is 17.6 Å². The molecule has 0 atom stereocenters. The number of Topliss-reactive ketones (excluding diaryl/α,β-unsaturated/α-hetero) is 1. The molecule has 0 spiro atoms. The first-order valence-electron chi connectivity index (χ1n) is 8.03. The molecule has 2 aromatic rings. The normalized spacial score (nSPS) is 11.0. The van der Waals surface area contributed by atoms with E-state index in [4.69, 9.17) is 10.1 Å². The van der Waals surface area contributed by atoms with Gasteiger partial charge < -0.3 is 10.1 Å². The predicted molar refractivity (Wildman–Crippen MR) is 101 cm³/mol. The Bertz CT molecular complexity index is 788. The first-order valence-corrected chi connectivity index (χ1v) is 8.03. The van der Waals surface area contributed by atoms with E-state index in [-0.39, 0.29) is 5.78 Å². The van der Waals surface area contributed by atoms with Gasteiger partial charge in [0.25, 0.3) is 0 Å². The van der Waals surface area contributed by atoms with Crippen LogP contribution < -0.4 is 4.74 Å². The molecule has 0 aliphatic carbocycles. The zero-order chi connectivity index (χ0) is 18.2. The molecule has 1 aromatic carbocycles. The summed E-state index contributed by atoms with van der Waals surface area (Å²) in [6.45, 7) is 5.75. The predicted octanol–water partition coefficient (Wildman–Crippen LogP) is 4.51. The van der Waals surface area contributed by atoms with E-state index in [9.17, 15) is 4.79 Å². The Morgan fingerprint density at radius 2 is 1.96 bits per heavy atom. The van der Waals surface area contributed by atoms with Gasteiger partial charge in [-0.25, -0.2) is 0 Å². The summed E-state index contributed by atoms with van der Waals surface area (Å²) in [5.74, 6) is 0.734. The van der Waals surface area contributed by atoms with Crippen LogP contribution >= 0.6 is 0 Å². The number of benzene rings is 1. The summed E-state index contributed by atoms with van der Waals surface area (Å²) in [5, 5.41) is 7.17. The topological polar surface area (TPSA) is 63.0 Å². The third-order valence-corrected chi connectivity index (χ3v) is 3.85. The number of methoxy groups -OCH3 is 1. The number of nitrogens with zero attached hydrogens (tertiary/aromatic N) is 1. The van der Waals surface area contributed by atoms with Crippen molar-refractivity contribution >= 4 is 18.1 Å². The average Bonchev–Trinajstić information content (AvgIpc) is 2.66. The minimum Gasteiger partial charge on any atom is -0.497 e. The Kier molecular flexibility index (Phi) is 6.40. The maximum absolute atomic E-state index is 12.4. The second kappa shape index (κ2) is 8.73. The molecule has 0 saturated heterocycles. The smallest absolute Gasteiger partial charge is 0.189 e. The van der Waals surface area contributed by atoms with E-state index in [1.54, 1.807) is 31.5 Å². The molecule has 0 unspecified atom stereocenters. The number of ketones is 1. The van der Waals surface area contributed by atoms with Gasteiger partial charge in [0.2, 0.25) is 0 Å². The molecule has 0 bridgehead atoms. The highest BCUT2D eigenvalue weighted by molar-refractivity contribution is 6.08. The lowest BCUT2D eigenvalue weighted by Crippen LogP contribution is -2.04. The lowest BCUT2D eigenvalue weighted by molar-refractivity contribution is 0.103. The molecule has 1 heterocycles. The van der Waals surface area contributed by atoms with Crippen molar-refractivity contribution in [3.05, 3.63) is 77.1 Å². The first-order chi connectivity index (χ1) is 12.0. The van der Waals surface area contributed by atoms with Crippen LogP contribution in [-0.2, 0) is 6.42 Å². The first kappa shape index (κ1) is 18.3. The summed E-state index contributed by atoms with van der Waals surface area (Å²) < 4.78 is 5.14. The Morgan fingerprint density at radius 3 is 2.52 bits per heavy atom. The van der Waals surface area contributed by atoms with Crippen molar-refractivity contribution in [2.24, 2.45) is 0 Å². The van der Waals surface area contributed by atoms with Crippen molar-refractivity contribution in [2.45, 2.75) is 19.8 Å². The Hall–Kier alpha value is -3.01. The number of nitrogens with one attached hydrogen (secondary N) is 1. The number of aromatic nitrogens is 1. The van der Waals surface area contributed by atoms with Crippen molar-refractivity contribution in [1.82, 2.24) is 4.98 Å². The molecule has 128 valence electrons. The second-order valence-corrected chi connectivity index (χ2v) is 5.79. The molecule has 4 heteroatoms. The van der Waals surface area contributed by atoms with Gasteiger partial charge in [-0.2, -0.15) is 0 Å². The zero-order valence-corrected chi connectivity index (χ0v) is 14.6. The number of carbonyl (C=O) groups excluding carboxylic acids is 1. The summed E-state index contributed by atoms with van der Waals surface area (Å²) in [4.78, 5) is 16.7. The van der Waals surface area contributed by atoms with Gasteiger partial charge in [0, 0.05) is 18.0 Å². The van der Waals surface area contributed by atoms with Gasteiger partial charge in [-0.15, -0.1) is 0 Å². The molecule has 2 rings (SSSR count). The fraction of sp³-hybridized carbons (Fsp3) is 0.190. The molecule has 0 amide bonds.